The predicted octanol–water partition coefficient (Wildman–Crippen LogP) is 3.46. The molecule has 144 valence electrons. The highest BCUT2D eigenvalue weighted by Gasteiger charge is 2.11. The van der Waals surface area contributed by atoms with Crippen LogP contribution in [-0.2, 0) is 11.2 Å². The van der Waals surface area contributed by atoms with E-state index in [1.807, 2.05) is 73.3 Å². The predicted molar refractivity (Wildman–Crippen MR) is 113 cm³/mol. The average molecular weight is 376 g/mol. The number of carbonyl (C=O) groups is 1. The molecule has 3 rings (SSSR count). The molecule has 1 heterocycles. The van der Waals surface area contributed by atoms with Gasteiger partial charge in [-0.3, -0.25) is 9.59 Å². The number of amides is 1. The molecule has 0 radical (unpaired) electrons. The van der Waals surface area contributed by atoms with Crippen molar-refractivity contribution in [1.82, 2.24) is 9.97 Å². The van der Waals surface area contributed by atoms with Crippen molar-refractivity contribution in [1.29, 1.82) is 0 Å². The Balaban J connectivity index is 1.75. The van der Waals surface area contributed by atoms with Gasteiger partial charge in [0.15, 0.2) is 0 Å². The summed E-state index contributed by atoms with van der Waals surface area (Å²) in [6.45, 7) is 4.95. The Morgan fingerprint density at radius 3 is 2.57 bits per heavy atom. The Morgan fingerprint density at radius 1 is 1.07 bits per heavy atom. The van der Waals surface area contributed by atoms with Crippen LogP contribution >= 0.6 is 0 Å². The summed E-state index contributed by atoms with van der Waals surface area (Å²) in [5.41, 5.74) is 2.97. The fourth-order valence-electron chi connectivity index (χ4n) is 2.97. The van der Waals surface area contributed by atoms with Crippen LogP contribution in [0.5, 0.6) is 0 Å². The van der Waals surface area contributed by atoms with Crippen molar-refractivity contribution in [3.63, 3.8) is 0 Å². The van der Waals surface area contributed by atoms with E-state index in [4.69, 9.17) is 0 Å². The third-order valence-electron chi connectivity index (χ3n) is 4.41. The van der Waals surface area contributed by atoms with Gasteiger partial charge in [0, 0.05) is 35.2 Å². The maximum atomic E-state index is 12.5. The van der Waals surface area contributed by atoms with Gasteiger partial charge >= 0.3 is 0 Å². The van der Waals surface area contributed by atoms with Crippen LogP contribution in [0.15, 0.2) is 65.5 Å². The van der Waals surface area contributed by atoms with Gasteiger partial charge in [-0.25, -0.2) is 4.98 Å². The number of aromatic amines is 1. The lowest BCUT2D eigenvalue weighted by Crippen LogP contribution is -2.33. The highest BCUT2D eigenvalue weighted by molar-refractivity contribution is 5.94. The molecule has 3 aromatic rings. The average Bonchev–Trinajstić information content (AvgIpc) is 2.72. The second-order valence-corrected chi connectivity index (χ2v) is 6.42. The first-order valence-electron chi connectivity index (χ1n) is 9.39. The quantitative estimate of drug-likeness (QED) is 0.662. The zero-order chi connectivity index (χ0) is 19.9. The maximum absolute atomic E-state index is 12.5. The smallest absolute Gasteiger partial charge is 0.251 e. The molecule has 0 aliphatic carbocycles. The van der Waals surface area contributed by atoms with Crippen molar-refractivity contribution in [3.05, 3.63) is 76.7 Å². The van der Waals surface area contributed by atoms with Crippen LogP contribution in [-0.4, -0.2) is 29.0 Å². The van der Waals surface area contributed by atoms with Crippen molar-refractivity contribution in [2.24, 2.45) is 0 Å². The molecule has 28 heavy (non-hydrogen) atoms. The first-order valence-corrected chi connectivity index (χ1v) is 9.39. The van der Waals surface area contributed by atoms with E-state index in [0.29, 0.717) is 17.9 Å². The Hall–Kier alpha value is -3.41. The summed E-state index contributed by atoms with van der Waals surface area (Å²) < 4.78 is 0. The third kappa shape index (κ3) is 4.85. The maximum Gasteiger partial charge on any atom is 0.251 e. The summed E-state index contributed by atoms with van der Waals surface area (Å²) in [7, 11) is 0. The summed E-state index contributed by atoms with van der Waals surface area (Å²) >= 11 is 0. The topological polar surface area (TPSA) is 78.1 Å². The minimum absolute atomic E-state index is 0.105. The van der Waals surface area contributed by atoms with Crippen LogP contribution in [0.3, 0.4) is 0 Å². The SMILES string of the molecule is CCc1cc(=O)[nH]c(-c2cccc(NC(=O)CN(CC)c3ccccc3)c2)n1. The van der Waals surface area contributed by atoms with E-state index in [2.05, 4.69) is 15.3 Å². The van der Waals surface area contributed by atoms with Gasteiger partial charge in [0.25, 0.3) is 5.56 Å². The van der Waals surface area contributed by atoms with Crippen LogP contribution in [0.2, 0.25) is 0 Å². The van der Waals surface area contributed by atoms with Crippen molar-refractivity contribution < 1.29 is 4.79 Å². The standard InChI is InChI=1S/C22H24N4O2/c1-3-17-14-20(27)25-22(24-17)16-9-8-10-18(13-16)23-21(28)15-26(4-2)19-11-6-5-7-12-19/h5-14H,3-4,15H2,1-2H3,(H,23,28)(H,24,25,27). The van der Waals surface area contributed by atoms with Crippen molar-refractivity contribution in [2.45, 2.75) is 20.3 Å². The minimum atomic E-state index is -0.183. The summed E-state index contributed by atoms with van der Waals surface area (Å²) in [5.74, 6) is 0.395. The molecule has 0 atom stereocenters. The first kappa shape index (κ1) is 19.4. The third-order valence-corrected chi connectivity index (χ3v) is 4.41. The zero-order valence-corrected chi connectivity index (χ0v) is 16.1. The highest BCUT2D eigenvalue weighted by atomic mass is 16.2. The molecule has 0 saturated carbocycles. The number of rotatable bonds is 7. The van der Waals surface area contributed by atoms with Gasteiger partial charge in [-0.2, -0.15) is 0 Å². The molecule has 1 aromatic heterocycles. The molecule has 1 amide bonds. The van der Waals surface area contributed by atoms with Gasteiger partial charge < -0.3 is 15.2 Å². The Bertz CT molecular complexity index is 999. The molecule has 2 aromatic carbocycles. The number of nitrogens with zero attached hydrogens (tertiary/aromatic N) is 2. The Morgan fingerprint density at radius 2 is 1.86 bits per heavy atom. The molecular formula is C22H24N4O2. The lowest BCUT2D eigenvalue weighted by molar-refractivity contribution is -0.115. The van der Waals surface area contributed by atoms with Gasteiger partial charge in [0.05, 0.1) is 6.54 Å². The van der Waals surface area contributed by atoms with Gasteiger partial charge in [0.1, 0.15) is 5.82 Å². The molecular weight excluding hydrogens is 352 g/mol. The summed E-state index contributed by atoms with van der Waals surface area (Å²) in [6.07, 6.45) is 0.680. The van der Waals surface area contributed by atoms with E-state index in [-0.39, 0.29) is 18.0 Å². The highest BCUT2D eigenvalue weighted by Crippen LogP contribution is 2.19. The molecule has 6 heteroatoms. The number of aromatic nitrogens is 2. The Labute approximate surface area is 164 Å². The van der Waals surface area contributed by atoms with Crippen molar-refractivity contribution in [2.75, 3.05) is 23.3 Å². The largest absolute Gasteiger partial charge is 0.362 e. The number of H-pyrrole nitrogens is 1. The van der Waals surface area contributed by atoms with Crippen LogP contribution < -0.4 is 15.8 Å². The van der Waals surface area contributed by atoms with E-state index in [1.54, 1.807) is 0 Å². The first-order chi connectivity index (χ1) is 13.6. The van der Waals surface area contributed by atoms with Crippen LogP contribution in [0, 0.1) is 0 Å². The summed E-state index contributed by atoms with van der Waals surface area (Å²) in [5, 5.41) is 2.93. The van der Waals surface area contributed by atoms with Crippen LogP contribution in [0.1, 0.15) is 19.5 Å². The van der Waals surface area contributed by atoms with Gasteiger partial charge in [-0.05, 0) is 37.6 Å². The van der Waals surface area contributed by atoms with Crippen molar-refractivity contribution >= 4 is 17.3 Å². The second-order valence-electron chi connectivity index (χ2n) is 6.42. The number of nitrogens with one attached hydrogen (secondary N) is 2. The molecule has 0 bridgehead atoms. The fourth-order valence-corrected chi connectivity index (χ4v) is 2.97. The number of para-hydroxylation sites is 1. The monoisotopic (exact) mass is 376 g/mol. The normalized spacial score (nSPS) is 10.5. The van der Waals surface area contributed by atoms with Gasteiger partial charge in [0.2, 0.25) is 5.91 Å². The molecule has 0 saturated heterocycles. The van der Waals surface area contributed by atoms with Crippen LogP contribution in [0.25, 0.3) is 11.4 Å². The second kappa shape index (κ2) is 8.99. The summed E-state index contributed by atoms with van der Waals surface area (Å²) in [4.78, 5) is 33.6. The van der Waals surface area contributed by atoms with Crippen LogP contribution in [0.4, 0.5) is 11.4 Å². The molecule has 0 spiro atoms. The molecule has 6 nitrogen and oxygen atoms in total. The van der Waals surface area contributed by atoms with E-state index in [1.165, 1.54) is 6.07 Å². The Kier molecular flexibility index (Phi) is 6.22. The molecule has 0 fully saturated rings. The number of hydrogen-bond donors (Lipinski definition) is 2. The van der Waals surface area contributed by atoms with E-state index >= 15 is 0 Å². The number of benzene rings is 2. The molecule has 0 aliphatic heterocycles. The minimum Gasteiger partial charge on any atom is -0.362 e. The number of anilines is 2. The van der Waals surface area contributed by atoms with E-state index in [9.17, 15) is 9.59 Å². The lowest BCUT2D eigenvalue weighted by atomic mass is 10.1. The van der Waals surface area contributed by atoms with E-state index in [0.717, 1.165) is 23.5 Å². The lowest BCUT2D eigenvalue weighted by Gasteiger charge is -2.22. The number of carbonyl (C=O) groups excluding carboxylic acids is 1. The number of aryl methyl sites for hydroxylation is 1. The van der Waals surface area contributed by atoms with Gasteiger partial charge in [-0.15, -0.1) is 0 Å². The zero-order valence-electron chi connectivity index (χ0n) is 16.1. The molecule has 0 aliphatic rings. The summed E-state index contributed by atoms with van der Waals surface area (Å²) in [6, 6.07) is 18.7. The molecule has 2 N–H and O–H groups in total. The number of likely N-dealkylation sites (N-methyl/N-ethyl adjacent to an activating group) is 1. The molecule has 0 unspecified atom stereocenters. The van der Waals surface area contributed by atoms with E-state index < -0.39 is 0 Å². The van der Waals surface area contributed by atoms with Crippen molar-refractivity contribution in [3.8, 4) is 11.4 Å². The number of hydrogen-bond acceptors (Lipinski definition) is 4. The fraction of sp³-hybridized carbons (Fsp3) is 0.227. The van der Waals surface area contributed by atoms with Gasteiger partial charge in [-0.1, -0.05) is 37.3 Å².